The minimum atomic E-state index is -0.414. The summed E-state index contributed by atoms with van der Waals surface area (Å²) >= 11 is 5.74. The maximum absolute atomic E-state index is 13.7. The minimum Gasteiger partial charge on any atom is -0.396 e. The van der Waals surface area contributed by atoms with E-state index in [0.29, 0.717) is 12.2 Å². The van der Waals surface area contributed by atoms with Crippen molar-refractivity contribution in [2.24, 2.45) is 5.41 Å². The summed E-state index contributed by atoms with van der Waals surface area (Å²) in [7, 11) is 0. The number of benzene rings is 1. The number of hydrogen-bond acceptors (Lipinski definition) is 2. The third-order valence-electron chi connectivity index (χ3n) is 3.86. The molecule has 1 aliphatic rings. The molecule has 1 aromatic rings. The molecule has 2 nitrogen and oxygen atoms in total. The van der Waals surface area contributed by atoms with Crippen LogP contribution in [0.5, 0.6) is 0 Å². The molecule has 0 atom stereocenters. The fraction of sp³-hybridized carbons (Fsp3) is 0.571. The van der Waals surface area contributed by atoms with Crippen molar-refractivity contribution in [2.45, 2.75) is 32.1 Å². The summed E-state index contributed by atoms with van der Waals surface area (Å²) in [5, 5.41) is 12.8. The van der Waals surface area contributed by atoms with E-state index in [1.54, 1.807) is 12.1 Å². The maximum atomic E-state index is 13.7. The van der Waals surface area contributed by atoms with Crippen LogP contribution in [-0.4, -0.2) is 18.3 Å². The normalized spacial score (nSPS) is 18.6. The Morgan fingerprint density at radius 3 is 2.67 bits per heavy atom. The van der Waals surface area contributed by atoms with E-state index in [9.17, 15) is 9.50 Å². The second kappa shape index (κ2) is 5.89. The third kappa shape index (κ3) is 2.96. The van der Waals surface area contributed by atoms with E-state index in [2.05, 4.69) is 5.32 Å². The number of hydrogen-bond donors (Lipinski definition) is 2. The van der Waals surface area contributed by atoms with E-state index in [0.717, 1.165) is 25.7 Å². The molecule has 4 heteroatoms. The first-order chi connectivity index (χ1) is 8.67. The largest absolute Gasteiger partial charge is 0.396 e. The fourth-order valence-corrected chi connectivity index (χ4v) is 2.79. The summed E-state index contributed by atoms with van der Waals surface area (Å²) in [5.74, 6) is -0.414. The Morgan fingerprint density at radius 1 is 1.28 bits per heavy atom. The number of halogens is 2. The summed E-state index contributed by atoms with van der Waals surface area (Å²) in [6.07, 6.45) is 5.51. The SMILES string of the molecule is OCC1(CNc2cccc(Cl)c2F)CCCCC1. The summed E-state index contributed by atoms with van der Waals surface area (Å²) in [6, 6.07) is 4.93. The summed E-state index contributed by atoms with van der Waals surface area (Å²) in [5.41, 5.74) is 0.313. The van der Waals surface area contributed by atoms with Crippen LogP contribution in [0.4, 0.5) is 10.1 Å². The highest BCUT2D eigenvalue weighted by molar-refractivity contribution is 6.31. The van der Waals surface area contributed by atoms with Crippen molar-refractivity contribution in [3.05, 3.63) is 29.0 Å². The average Bonchev–Trinajstić information content (AvgIpc) is 2.41. The number of aliphatic hydroxyl groups excluding tert-OH is 1. The molecule has 2 N–H and O–H groups in total. The van der Waals surface area contributed by atoms with Gasteiger partial charge >= 0.3 is 0 Å². The Labute approximate surface area is 112 Å². The van der Waals surface area contributed by atoms with E-state index in [1.807, 2.05) is 0 Å². The minimum absolute atomic E-state index is 0.104. The van der Waals surface area contributed by atoms with Gasteiger partial charge < -0.3 is 10.4 Å². The van der Waals surface area contributed by atoms with Crippen LogP contribution in [0.3, 0.4) is 0 Å². The molecule has 1 fully saturated rings. The number of rotatable bonds is 4. The van der Waals surface area contributed by atoms with Crippen molar-refractivity contribution >= 4 is 17.3 Å². The van der Waals surface area contributed by atoms with Gasteiger partial charge in [0.15, 0.2) is 5.82 Å². The molecule has 100 valence electrons. The van der Waals surface area contributed by atoms with Gasteiger partial charge in [-0.2, -0.15) is 0 Å². The lowest BCUT2D eigenvalue weighted by molar-refractivity contribution is 0.0943. The highest BCUT2D eigenvalue weighted by Gasteiger charge is 2.31. The standard InChI is InChI=1S/C14H19ClFNO/c15-11-5-4-6-12(13(11)16)17-9-14(10-18)7-2-1-3-8-14/h4-6,17-18H,1-3,7-10H2. The van der Waals surface area contributed by atoms with E-state index < -0.39 is 5.82 Å². The van der Waals surface area contributed by atoms with Gasteiger partial charge in [-0.1, -0.05) is 36.9 Å². The summed E-state index contributed by atoms with van der Waals surface area (Å²) in [6.45, 7) is 0.753. The zero-order chi connectivity index (χ0) is 13.0. The first-order valence-electron chi connectivity index (χ1n) is 6.46. The van der Waals surface area contributed by atoms with Crippen LogP contribution in [0.1, 0.15) is 32.1 Å². The topological polar surface area (TPSA) is 32.3 Å². The van der Waals surface area contributed by atoms with Crippen LogP contribution in [0.2, 0.25) is 5.02 Å². The van der Waals surface area contributed by atoms with Crippen molar-refractivity contribution in [3.8, 4) is 0 Å². The van der Waals surface area contributed by atoms with E-state index in [1.165, 1.54) is 12.5 Å². The smallest absolute Gasteiger partial charge is 0.164 e. The fourth-order valence-electron chi connectivity index (χ4n) is 2.62. The lowest BCUT2D eigenvalue weighted by Gasteiger charge is -2.36. The van der Waals surface area contributed by atoms with Crippen molar-refractivity contribution in [1.82, 2.24) is 0 Å². The molecular weight excluding hydrogens is 253 g/mol. The third-order valence-corrected chi connectivity index (χ3v) is 4.15. The molecule has 1 aromatic carbocycles. The second-order valence-electron chi connectivity index (χ2n) is 5.17. The Hall–Kier alpha value is -0.800. The van der Waals surface area contributed by atoms with Crippen LogP contribution in [0.25, 0.3) is 0 Å². The first kappa shape index (κ1) is 13.6. The molecule has 1 saturated carbocycles. The predicted octanol–water partition coefficient (Wildman–Crippen LogP) is 3.83. The van der Waals surface area contributed by atoms with Crippen LogP contribution >= 0.6 is 11.6 Å². The van der Waals surface area contributed by atoms with Gasteiger partial charge in [0.25, 0.3) is 0 Å². The van der Waals surface area contributed by atoms with Gasteiger partial charge in [-0.3, -0.25) is 0 Å². The molecule has 0 amide bonds. The van der Waals surface area contributed by atoms with Crippen molar-refractivity contribution in [3.63, 3.8) is 0 Å². The van der Waals surface area contributed by atoms with Gasteiger partial charge in [0.2, 0.25) is 0 Å². The Morgan fingerprint density at radius 2 is 2.00 bits per heavy atom. The summed E-state index contributed by atoms with van der Waals surface area (Å²) in [4.78, 5) is 0. The van der Waals surface area contributed by atoms with Crippen LogP contribution in [0.15, 0.2) is 18.2 Å². The lowest BCUT2D eigenvalue weighted by atomic mass is 9.74. The Balaban J connectivity index is 2.03. The van der Waals surface area contributed by atoms with Crippen LogP contribution in [0, 0.1) is 11.2 Å². The van der Waals surface area contributed by atoms with Gasteiger partial charge in [-0.15, -0.1) is 0 Å². The molecule has 0 aromatic heterocycles. The molecule has 2 rings (SSSR count). The molecule has 18 heavy (non-hydrogen) atoms. The number of aliphatic hydroxyl groups is 1. The van der Waals surface area contributed by atoms with Gasteiger partial charge in [-0.25, -0.2) is 4.39 Å². The van der Waals surface area contributed by atoms with Crippen LogP contribution < -0.4 is 5.32 Å². The van der Waals surface area contributed by atoms with E-state index in [4.69, 9.17) is 11.6 Å². The molecular formula is C14H19ClFNO. The zero-order valence-electron chi connectivity index (χ0n) is 10.4. The maximum Gasteiger partial charge on any atom is 0.164 e. The van der Waals surface area contributed by atoms with Crippen LogP contribution in [-0.2, 0) is 0 Å². The van der Waals surface area contributed by atoms with Gasteiger partial charge in [0, 0.05) is 12.0 Å². The predicted molar refractivity (Wildman–Crippen MR) is 72.5 cm³/mol. The van der Waals surface area contributed by atoms with Gasteiger partial charge in [0.1, 0.15) is 0 Å². The quantitative estimate of drug-likeness (QED) is 0.872. The summed E-state index contributed by atoms with van der Waals surface area (Å²) < 4.78 is 13.7. The monoisotopic (exact) mass is 271 g/mol. The molecule has 0 spiro atoms. The zero-order valence-corrected chi connectivity index (χ0v) is 11.1. The Kier molecular flexibility index (Phi) is 4.46. The Bertz CT molecular complexity index is 405. The second-order valence-corrected chi connectivity index (χ2v) is 5.58. The number of anilines is 1. The first-order valence-corrected chi connectivity index (χ1v) is 6.83. The molecule has 0 heterocycles. The van der Waals surface area contributed by atoms with Gasteiger partial charge in [0.05, 0.1) is 17.3 Å². The molecule has 0 bridgehead atoms. The van der Waals surface area contributed by atoms with Crippen molar-refractivity contribution in [2.75, 3.05) is 18.5 Å². The molecule has 1 aliphatic carbocycles. The molecule has 0 unspecified atom stereocenters. The molecule has 0 aliphatic heterocycles. The van der Waals surface area contributed by atoms with E-state index >= 15 is 0 Å². The average molecular weight is 272 g/mol. The van der Waals surface area contributed by atoms with Crippen molar-refractivity contribution in [1.29, 1.82) is 0 Å². The van der Waals surface area contributed by atoms with E-state index in [-0.39, 0.29) is 17.0 Å². The highest BCUT2D eigenvalue weighted by atomic mass is 35.5. The van der Waals surface area contributed by atoms with Crippen molar-refractivity contribution < 1.29 is 9.50 Å². The number of nitrogens with one attached hydrogen (secondary N) is 1. The molecule has 0 radical (unpaired) electrons. The molecule has 0 saturated heterocycles. The lowest BCUT2D eigenvalue weighted by Crippen LogP contribution is -2.35. The highest BCUT2D eigenvalue weighted by Crippen LogP contribution is 2.36. The van der Waals surface area contributed by atoms with Gasteiger partial charge in [-0.05, 0) is 25.0 Å².